The highest BCUT2D eigenvalue weighted by atomic mass is 16.4. The van der Waals surface area contributed by atoms with Gasteiger partial charge in [-0.3, -0.25) is 0 Å². The average Bonchev–Trinajstić information content (AvgIpc) is 2.72. The minimum absolute atomic E-state index is 0.176. The molecule has 1 aliphatic heterocycles. The first-order valence-electron chi connectivity index (χ1n) is 7.86. The summed E-state index contributed by atoms with van der Waals surface area (Å²) in [5, 5.41) is 11.9. The third-order valence-electron chi connectivity index (χ3n) is 4.67. The first kappa shape index (κ1) is 15.7. The second kappa shape index (κ2) is 6.83. The number of anilines is 1. The van der Waals surface area contributed by atoms with Gasteiger partial charge in [-0.15, -0.1) is 0 Å². The lowest BCUT2D eigenvalue weighted by molar-refractivity contribution is 0.318. The molecule has 1 aromatic carbocycles. The maximum absolute atomic E-state index is 8.80. The number of hydrogen-bond donors (Lipinski definition) is 2. The monoisotopic (exact) mass is 289 g/mol. The molecule has 4 nitrogen and oxygen atoms in total. The smallest absolute Gasteiger partial charge is 0.170 e. The molecule has 0 bridgehead atoms. The number of oxime groups is 1. The van der Waals surface area contributed by atoms with Crippen molar-refractivity contribution in [3.63, 3.8) is 0 Å². The van der Waals surface area contributed by atoms with Gasteiger partial charge in [-0.2, -0.15) is 0 Å². The lowest BCUT2D eigenvalue weighted by Gasteiger charge is -2.24. The minimum atomic E-state index is 0.176. The van der Waals surface area contributed by atoms with E-state index >= 15 is 0 Å². The Labute approximate surface area is 127 Å². The highest BCUT2D eigenvalue weighted by Gasteiger charge is 2.20. The van der Waals surface area contributed by atoms with Gasteiger partial charge in [-0.05, 0) is 61.8 Å². The van der Waals surface area contributed by atoms with Crippen molar-refractivity contribution >= 4 is 11.5 Å². The molecule has 116 valence electrons. The van der Waals surface area contributed by atoms with E-state index in [9.17, 15) is 0 Å². The minimum Gasteiger partial charge on any atom is -0.409 e. The van der Waals surface area contributed by atoms with Gasteiger partial charge < -0.3 is 15.8 Å². The first-order valence-corrected chi connectivity index (χ1v) is 7.86. The molecule has 1 atom stereocenters. The van der Waals surface area contributed by atoms with Crippen LogP contribution in [0.25, 0.3) is 0 Å². The largest absolute Gasteiger partial charge is 0.409 e. The van der Waals surface area contributed by atoms with Crippen molar-refractivity contribution in [3.8, 4) is 0 Å². The second-order valence-corrected chi connectivity index (χ2v) is 6.41. The molecular weight excluding hydrogens is 262 g/mol. The molecule has 1 aliphatic rings. The summed E-state index contributed by atoms with van der Waals surface area (Å²) in [4.78, 5) is 2.46. The Bertz CT molecular complexity index is 511. The summed E-state index contributed by atoms with van der Waals surface area (Å²) in [6, 6.07) is 6.17. The van der Waals surface area contributed by atoms with E-state index in [4.69, 9.17) is 10.9 Å². The van der Waals surface area contributed by atoms with Crippen molar-refractivity contribution in [1.82, 2.24) is 0 Å². The fourth-order valence-corrected chi connectivity index (χ4v) is 3.23. The van der Waals surface area contributed by atoms with Crippen LogP contribution >= 0.6 is 0 Å². The molecule has 1 heterocycles. The van der Waals surface area contributed by atoms with Gasteiger partial charge in [0.15, 0.2) is 5.84 Å². The Morgan fingerprint density at radius 2 is 2.10 bits per heavy atom. The Balaban J connectivity index is 2.13. The van der Waals surface area contributed by atoms with Gasteiger partial charge in [-0.25, -0.2) is 0 Å². The van der Waals surface area contributed by atoms with Crippen LogP contribution in [0.2, 0.25) is 0 Å². The molecule has 4 heteroatoms. The number of amidine groups is 1. The molecule has 21 heavy (non-hydrogen) atoms. The van der Waals surface area contributed by atoms with Crippen molar-refractivity contribution < 1.29 is 5.21 Å². The lowest BCUT2D eigenvalue weighted by atomic mass is 9.89. The van der Waals surface area contributed by atoms with Crippen LogP contribution in [0, 0.1) is 18.8 Å². The fraction of sp³-hybridized carbons (Fsp3) is 0.588. The van der Waals surface area contributed by atoms with Crippen LogP contribution in [0.5, 0.6) is 0 Å². The average molecular weight is 289 g/mol. The molecule has 0 aromatic heterocycles. The predicted molar refractivity (Wildman–Crippen MR) is 88.1 cm³/mol. The van der Waals surface area contributed by atoms with Gasteiger partial charge in [-0.1, -0.05) is 19.0 Å². The number of nitrogens with two attached hydrogens (primary N) is 1. The Morgan fingerprint density at radius 3 is 2.71 bits per heavy atom. The van der Waals surface area contributed by atoms with Crippen LogP contribution in [0.1, 0.15) is 44.2 Å². The van der Waals surface area contributed by atoms with Crippen molar-refractivity contribution in [1.29, 1.82) is 0 Å². The van der Waals surface area contributed by atoms with E-state index in [-0.39, 0.29) is 5.84 Å². The van der Waals surface area contributed by atoms with Gasteiger partial charge in [0.05, 0.1) is 0 Å². The number of aryl methyl sites for hydroxylation is 1. The van der Waals surface area contributed by atoms with Crippen LogP contribution < -0.4 is 10.6 Å². The van der Waals surface area contributed by atoms with E-state index in [1.807, 2.05) is 13.0 Å². The Hall–Kier alpha value is -1.71. The highest BCUT2D eigenvalue weighted by molar-refractivity contribution is 5.98. The van der Waals surface area contributed by atoms with Crippen LogP contribution in [-0.2, 0) is 0 Å². The van der Waals surface area contributed by atoms with Gasteiger partial charge >= 0.3 is 0 Å². The summed E-state index contributed by atoms with van der Waals surface area (Å²) in [5.74, 6) is 1.79. The van der Waals surface area contributed by atoms with Gasteiger partial charge in [0.1, 0.15) is 0 Å². The van der Waals surface area contributed by atoms with Crippen molar-refractivity contribution in [3.05, 3.63) is 29.3 Å². The van der Waals surface area contributed by atoms with E-state index in [1.54, 1.807) is 0 Å². The quantitative estimate of drug-likeness (QED) is 0.388. The molecule has 0 amide bonds. The molecule has 1 aromatic rings. The molecule has 2 rings (SSSR count). The topological polar surface area (TPSA) is 61.8 Å². The third kappa shape index (κ3) is 3.69. The maximum atomic E-state index is 8.80. The Morgan fingerprint density at radius 1 is 1.33 bits per heavy atom. The van der Waals surface area contributed by atoms with Crippen molar-refractivity contribution in [2.24, 2.45) is 22.7 Å². The van der Waals surface area contributed by atoms with E-state index in [0.717, 1.165) is 36.1 Å². The molecule has 1 unspecified atom stereocenters. The van der Waals surface area contributed by atoms with Crippen LogP contribution in [-0.4, -0.2) is 24.1 Å². The maximum Gasteiger partial charge on any atom is 0.170 e. The lowest BCUT2D eigenvalue weighted by Crippen LogP contribution is -2.25. The summed E-state index contributed by atoms with van der Waals surface area (Å²) in [7, 11) is 0. The molecule has 1 saturated heterocycles. The number of rotatable bonds is 3. The molecule has 0 saturated carbocycles. The van der Waals surface area contributed by atoms with Crippen LogP contribution in [0.15, 0.2) is 23.4 Å². The summed E-state index contributed by atoms with van der Waals surface area (Å²) in [6.45, 7) is 8.90. The second-order valence-electron chi connectivity index (χ2n) is 6.41. The van der Waals surface area contributed by atoms with Gasteiger partial charge in [0.25, 0.3) is 0 Å². The standard InChI is InChI=1S/C17H27N3O/c1-12(2)14-5-4-9-20(10-8-14)15-6-7-16(13(3)11-15)17(18)19-21/h6-7,11-12,14,21H,4-5,8-10H2,1-3H3,(H2,18,19). The zero-order chi connectivity index (χ0) is 15.4. The fourth-order valence-electron chi connectivity index (χ4n) is 3.23. The first-order chi connectivity index (χ1) is 10.0. The molecule has 0 radical (unpaired) electrons. The normalized spacial score (nSPS) is 20.7. The summed E-state index contributed by atoms with van der Waals surface area (Å²) >= 11 is 0. The van der Waals surface area contributed by atoms with E-state index in [0.29, 0.717) is 0 Å². The van der Waals surface area contributed by atoms with Crippen LogP contribution in [0.3, 0.4) is 0 Å². The number of nitrogens with zero attached hydrogens (tertiary/aromatic N) is 2. The Kier molecular flexibility index (Phi) is 5.10. The molecule has 0 aliphatic carbocycles. The predicted octanol–water partition coefficient (Wildman–Crippen LogP) is 3.35. The van der Waals surface area contributed by atoms with E-state index < -0.39 is 0 Å². The van der Waals surface area contributed by atoms with Gasteiger partial charge in [0, 0.05) is 24.3 Å². The molecular formula is C17H27N3O. The molecule has 1 fully saturated rings. The molecule has 3 N–H and O–H groups in total. The number of hydrogen-bond acceptors (Lipinski definition) is 3. The van der Waals surface area contributed by atoms with Crippen molar-refractivity contribution in [2.75, 3.05) is 18.0 Å². The van der Waals surface area contributed by atoms with Crippen molar-refractivity contribution in [2.45, 2.75) is 40.0 Å². The number of benzene rings is 1. The van der Waals surface area contributed by atoms with Gasteiger partial charge in [0.2, 0.25) is 0 Å². The van der Waals surface area contributed by atoms with E-state index in [2.05, 4.69) is 36.0 Å². The summed E-state index contributed by atoms with van der Waals surface area (Å²) < 4.78 is 0. The zero-order valence-corrected chi connectivity index (χ0v) is 13.3. The zero-order valence-electron chi connectivity index (χ0n) is 13.3. The van der Waals surface area contributed by atoms with E-state index in [1.165, 1.54) is 24.9 Å². The highest BCUT2D eigenvalue weighted by Crippen LogP contribution is 2.28. The third-order valence-corrected chi connectivity index (χ3v) is 4.67. The van der Waals surface area contributed by atoms with Crippen LogP contribution in [0.4, 0.5) is 5.69 Å². The molecule has 0 spiro atoms. The summed E-state index contributed by atoms with van der Waals surface area (Å²) in [6.07, 6.45) is 3.85. The SMILES string of the molecule is Cc1cc(N2CCCC(C(C)C)CC2)ccc1/C(N)=N/O. The summed E-state index contributed by atoms with van der Waals surface area (Å²) in [5.41, 5.74) is 8.78.